The summed E-state index contributed by atoms with van der Waals surface area (Å²) >= 11 is 2.27. The van der Waals surface area contributed by atoms with Gasteiger partial charge in [-0.1, -0.05) is 51.6 Å². The third-order valence-electron chi connectivity index (χ3n) is 6.71. The molecule has 1 aromatic heterocycles. The number of amides is 4. The number of aliphatic hydroxyl groups is 1. The zero-order valence-electron chi connectivity index (χ0n) is 28.1. The molecule has 0 saturated heterocycles. The molecular formula is C31H49N5O8S2. The predicted octanol–water partition coefficient (Wildman–Crippen LogP) is 3.27. The van der Waals surface area contributed by atoms with Gasteiger partial charge < -0.3 is 35.8 Å². The van der Waals surface area contributed by atoms with E-state index in [1.165, 1.54) is 11.3 Å². The molecule has 1 aliphatic rings. The molecule has 13 nitrogen and oxygen atoms in total. The Hall–Kier alpha value is -3.01. The van der Waals surface area contributed by atoms with Gasteiger partial charge in [0.1, 0.15) is 27.9 Å². The molecule has 0 aromatic carbocycles. The molecule has 258 valence electrons. The molecule has 0 aliphatic carbocycles. The molecule has 2 rings (SSSR count). The molecule has 46 heavy (non-hydrogen) atoms. The second-order valence-electron chi connectivity index (χ2n) is 13.2. The number of ether oxygens (including phenoxy) is 2. The van der Waals surface area contributed by atoms with Gasteiger partial charge in [0.15, 0.2) is 6.29 Å². The molecule has 15 heteroatoms. The van der Waals surface area contributed by atoms with Gasteiger partial charge in [-0.3, -0.25) is 19.2 Å². The van der Waals surface area contributed by atoms with Crippen molar-refractivity contribution in [1.29, 1.82) is 0 Å². The number of thioether (sulfide) groups is 1. The van der Waals surface area contributed by atoms with Crippen LogP contribution in [0.4, 0.5) is 4.79 Å². The van der Waals surface area contributed by atoms with E-state index in [9.17, 15) is 29.1 Å². The predicted molar refractivity (Wildman–Crippen MR) is 177 cm³/mol. The number of hydrogen-bond donors (Lipinski definition) is 5. The third-order valence-corrected chi connectivity index (χ3v) is 8.54. The van der Waals surface area contributed by atoms with E-state index < -0.39 is 53.5 Å². The van der Waals surface area contributed by atoms with Gasteiger partial charge in [0.05, 0.1) is 25.1 Å². The van der Waals surface area contributed by atoms with E-state index in [4.69, 9.17) is 9.47 Å². The Labute approximate surface area is 279 Å². The molecule has 4 amide bonds. The third kappa shape index (κ3) is 13.0. The number of thiazole rings is 1. The molecule has 0 fully saturated rings. The quantitative estimate of drug-likeness (QED) is 0.201. The van der Waals surface area contributed by atoms with Gasteiger partial charge in [0.25, 0.3) is 5.91 Å². The number of carbonyl (C=O) groups is 5. The Kier molecular flexibility index (Phi) is 14.7. The number of fused-ring (bicyclic) bond motifs is 2. The van der Waals surface area contributed by atoms with E-state index in [1.807, 2.05) is 13.8 Å². The summed E-state index contributed by atoms with van der Waals surface area (Å²) < 4.78 is 11.2. The molecule has 1 unspecified atom stereocenters. The van der Waals surface area contributed by atoms with Crippen LogP contribution in [-0.2, 0) is 30.4 Å². The number of carbonyl (C=O) groups excluding carboxylic acids is 5. The molecule has 1 aromatic rings. The fourth-order valence-electron chi connectivity index (χ4n) is 4.15. The molecule has 1 aliphatic heterocycles. The second kappa shape index (κ2) is 17.2. The van der Waals surface area contributed by atoms with Gasteiger partial charge in [-0.2, -0.15) is 0 Å². The standard InChI is InChI=1S/C31H49N5O8S2/c1-17(2)23-26(39)43-19(12-10-11-13-45-27(40)24(18(3)4)35-29(42)44-30(5,6)7)14-21(37)32-15-22-33-20(16-46-22)25(38)36-31(8,9)28(41)34-23/h10,12,16-19,23-24,26,39H,11,13-15H2,1-9H3,(H,32,37)(H,34,41)(H,35,42)(H,36,38)/b12-10+/t19-,23+,24+,26?/m1/s1. The highest BCUT2D eigenvalue weighted by Crippen LogP contribution is 2.19. The maximum Gasteiger partial charge on any atom is 0.408 e. The van der Waals surface area contributed by atoms with E-state index in [1.54, 1.807) is 66.0 Å². The van der Waals surface area contributed by atoms with Gasteiger partial charge in [0, 0.05) is 11.1 Å². The van der Waals surface area contributed by atoms with Crippen molar-refractivity contribution in [3.05, 3.63) is 28.2 Å². The molecule has 0 radical (unpaired) electrons. The second-order valence-corrected chi connectivity index (χ2v) is 15.3. The van der Waals surface area contributed by atoms with Gasteiger partial charge in [-0.15, -0.1) is 11.3 Å². The van der Waals surface area contributed by atoms with E-state index in [2.05, 4.69) is 26.3 Å². The summed E-state index contributed by atoms with van der Waals surface area (Å²) in [5.41, 5.74) is -1.89. The van der Waals surface area contributed by atoms with Gasteiger partial charge in [-0.05, 0) is 52.9 Å². The number of aromatic nitrogens is 1. The fourth-order valence-corrected chi connectivity index (χ4v) is 5.83. The molecule has 0 saturated carbocycles. The van der Waals surface area contributed by atoms with Crippen LogP contribution < -0.4 is 21.3 Å². The molecule has 2 bridgehead atoms. The van der Waals surface area contributed by atoms with Crippen LogP contribution >= 0.6 is 23.1 Å². The molecular weight excluding hydrogens is 635 g/mol. The van der Waals surface area contributed by atoms with Crippen molar-refractivity contribution in [2.45, 2.75) is 117 Å². The maximum absolute atomic E-state index is 13.2. The first-order valence-corrected chi connectivity index (χ1v) is 17.2. The molecule has 2 heterocycles. The Bertz CT molecular complexity index is 1260. The average molecular weight is 684 g/mol. The highest BCUT2D eigenvalue weighted by atomic mass is 32.2. The lowest BCUT2D eigenvalue weighted by atomic mass is 9.99. The minimum Gasteiger partial charge on any atom is -0.444 e. The van der Waals surface area contributed by atoms with Crippen LogP contribution in [0.15, 0.2) is 17.5 Å². The number of hydrogen-bond acceptors (Lipinski definition) is 11. The van der Waals surface area contributed by atoms with Crippen LogP contribution in [0.3, 0.4) is 0 Å². The minimum absolute atomic E-state index is 0.0847. The summed E-state index contributed by atoms with van der Waals surface area (Å²) in [5.74, 6) is -1.47. The number of alkyl carbamates (subject to hydrolysis) is 1. The lowest BCUT2D eigenvalue weighted by molar-refractivity contribution is -0.159. The van der Waals surface area contributed by atoms with E-state index in [0.29, 0.717) is 17.2 Å². The van der Waals surface area contributed by atoms with Crippen molar-refractivity contribution in [2.75, 3.05) is 5.75 Å². The number of rotatable bonds is 8. The minimum atomic E-state index is -1.48. The number of nitrogens with one attached hydrogen (secondary N) is 4. The first kappa shape index (κ1) is 39.2. The number of allylic oxidation sites excluding steroid dienone is 1. The zero-order valence-corrected chi connectivity index (χ0v) is 29.7. The van der Waals surface area contributed by atoms with Crippen molar-refractivity contribution in [1.82, 2.24) is 26.3 Å². The van der Waals surface area contributed by atoms with Crippen molar-refractivity contribution in [3.63, 3.8) is 0 Å². The molecule has 5 N–H and O–H groups in total. The average Bonchev–Trinajstić information content (AvgIpc) is 3.40. The first-order valence-electron chi connectivity index (χ1n) is 15.3. The van der Waals surface area contributed by atoms with Crippen molar-refractivity contribution in [3.8, 4) is 0 Å². The summed E-state index contributed by atoms with van der Waals surface area (Å²) in [5, 5.41) is 23.8. The van der Waals surface area contributed by atoms with Crippen LogP contribution in [0, 0.1) is 11.8 Å². The number of aliphatic hydroxyl groups excluding tert-OH is 1. The van der Waals surface area contributed by atoms with E-state index in [0.717, 1.165) is 11.8 Å². The van der Waals surface area contributed by atoms with Crippen molar-refractivity contribution < 1.29 is 38.6 Å². The number of nitrogens with zero attached hydrogens (tertiary/aromatic N) is 1. The Morgan fingerprint density at radius 1 is 1.24 bits per heavy atom. The Morgan fingerprint density at radius 3 is 2.52 bits per heavy atom. The van der Waals surface area contributed by atoms with Gasteiger partial charge >= 0.3 is 6.09 Å². The normalized spacial score (nSPS) is 22.3. The van der Waals surface area contributed by atoms with E-state index in [-0.39, 0.29) is 41.5 Å². The Balaban J connectivity index is 2.15. The lowest BCUT2D eigenvalue weighted by Crippen LogP contribution is -2.60. The highest BCUT2D eigenvalue weighted by Gasteiger charge is 2.36. The SMILES string of the molecule is CC(C)[C@@H]1NC(=O)C(C)(C)NC(=O)c2csc(n2)CNC(=O)C[C@@H](/C=C/CCSC(=O)[C@@H](NC(=O)OC(C)(C)C)C(C)C)OC1O. The van der Waals surface area contributed by atoms with Crippen molar-refractivity contribution in [2.24, 2.45) is 11.8 Å². The zero-order chi connectivity index (χ0) is 34.8. The van der Waals surface area contributed by atoms with Gasteiger partial charge in [-0.25, -0.2) is 9.78 Å². The van der Waals surface area contributed by atoms with Crippen LogP contribution in [0.1, 0.15) is 90.7 Å². The lowest BCUT2D eigenvalue weighted by Gasteiger charge is -2.33. The Morgan fingerprint density at radius 2 is 1.91 bits per heavy atom. The maximum atomic E-state index is 13.2. The topological polar surface area (TPSA) is 185 Å². The summed E-state index contributed by atoms with van der Waals surface area (Å²) in [4.78, 5) is 68.2. The van der Waals surface area contributed by atoms with Crippen LogP contribution in [0.2, 0.25) is 0 Å². The van der Waals surface area contributed by atoms with Crippen LogP contribution in [0.5, 0.6) is 0 Å². The largest absolute Gasteiger partial charge is 0.444 e. The summed E-state index contributed by atoms with van der Waals surface area (Å²) in [7, 11) is 0. The van der Waals surface area contributed by atoms with Gasteiger partial charge in [0.2, 0.25) is 16.9 Å². The molecule has 0 spiro atoms. The highest BCUT2D eigenvalue weighted by molar-refractivity contribution is 8.13. The smallest absolute Gasteiger partial charge is 0.408 e. The van der Waals surface area contributed by atoms with Crippen molar-refractivity contribution >= 4 is 52.0 Å². The van der Waals surface area contributed by atoms with Crippen LogP contribution in [-0.4, -0.2) is 80.4 Å². The van der Waals surface area contributed by atoms with E-state index >= 15 is 0 Å². The summed E-state index contributed by atoms with van der Waals surface area (Å²) in [6, 6.07) is -1.59. The summed E-state index contributed by atoms with van der Waals surface area (Å²) in [6.07, 6.45) is 0.687. The fraction of sp³-hybridized carbons (Fsp3) is 0.677. The monoisotopic (exact) mass is 683 g/mol. The summed E-state index contributed by atoms with van der Waals surface area (Å²) in [6.45, 7) is 15.7. The molecule has 4 atom stereocenters. The van der Waals surface area contributed by atoms with Crippen LogP contribution in [0.25, 0.3) is 0 Å². The first-order chi connectivity index (χ1) is 21.3.